The first-order chi connectivity index (χ1) is 8.01. The Bertz CT molecular complexity index is 281. The highest BCUT2D eigenvalue weighted by Crippen LogP contribution is 2.00. The summed E-state index contributed by atoms with van der Waals surface area (Å²) in [6.07, 6.45) is 2.10. The predicted molar refractivity (Wildman–Crippen MR) is 61.2 cm³/mol. The first-order valence-electron chi connectivity index (χ1n) is 5.50. The molecule has 0 aliphatic rings. The molecule has 0 aliphatic carbocycles. The van der Waals surface area contributed by atoms with Gasteiger partial charge in [-0.25, -0.2) is 0 Å². The van der Waals surface area contributed by atoms with Crippen LogP contribution in [-0.2, 0) is 14.4 Å². The number of carboxylic acid groups (broad SMARTS) is 1. The highest BCUT2D eigenvalue weighted by Gasteiger charge is 2.19. The van der Waals surface area contributed by atoms with E-state index in [1.807, 2.05) is 6.92 Å². The molecule has 0 saturated heterocycles. The summed E-state index contributed by atoms with van der Waals surface area (Å²) in [7, 11) is 0. The summed E-state index contributed by atoms with van der Waals surface area (Å²) in [5.41, 5.74) is 5.13. The molecular formula is C10H19N3O4. The number of nitrogens with two attached hydrogens (primary N) is 1. The third-order valence-corrected chi connectivity index (χ3v) is 2.10. The molecule has 0 aromatic carbocycles. The van der Waals surface area contributed by atoms with Crippen LogP contribution in [0.25, 0.3) is 0 Å². The van der Waals surface area contributed by atoms with Crippen LogP contribution in [0.1, 0.15) is 26.2 Å². The van der Waals surface area contributed by atoms with E-state index in [2.05, 4.69) is 10.6 Å². The second-order valence-electron chi connectivity index (χ2n) is 3.58. The Balaban J connectivity index is 4.28. The van der Waals surface area contributed by atoms with Crippen LogP contribution in [0.2, 0.25) is 0 Å². The topological polar surface area (TPSA) is 122 Å². The number of nitrogens with one attached hydrogen (secondary N) is 2. The average Bonchev–Trinajstić information content (AvgIpc) is 2.30. The Labute approximate surface area is 99.7 Å². The van der Waals surface area contributed by atoms with Gasteiger partial charge < -0.3 is 21.5 Å². The minimum absolute atomic E-state index is 0.200. The smallest absolute Gasteiger partial charge is 0.322 e. The minimum atomic E-state index is -1.13. The van der Waals surface area contributed by atoms with Crippen molar-refractivity contribution in [3.63, 3.8) is 0 Å². The summed E-state index contributed by atoms with van der Waals surface area (Å²) in [5, 5.41) is 13.1. The minimum Gasteiger partial charge on any atom is -0.480 e. The standard InChI is InChI=1S/C10H19N3O4/c1-2-3-4-7(13-8(14)5-11)10(17)12-6-9(15)16/h7H,2-6,11H2,1H3,(H,12,17)(H,13,14)(H,15,16)/t7-/m0/s1. The lowest BCUT2D eigenvalue weighted by atomic mass is 10.1. The number of rotatable bonds is 8. The summed E-state index contributed by atoms with van der Waals surface area (Å²) in [6.45, 7) is 1.30. The number of amides is 2. The number of unbranched alkanes of at least 4 members (excludes halogenated alkanes) is 1. The van der Waals surface area contributed by atoms with Crippen molar-refractivity contribution in [2.75, 3.05) is 13.1 Å². The zero-order valence-electron chi connectivity index (χ0n) is 9.86. The molecule has 17 heavy (non-hydrogen) atoms. The van der Waals surface area contributed by atoms with Gasteiger partial charge in [0.1, 0.15) is 12.6 Å². The van der Waals surface area contributed by atoms with Crippen LogP contribution in [0.5, 0.6) is 0 Å². The van der Waals surface area contributed by atoms with Gasteiger partial charge in [0, 0.05) is 0 Å². The monoisotopic (exact) mass is 245 g/mol. The molecule has 0 aromatic rings. The zero-order valence-corrected chi connectivity index (χ0v) is 9.86. The third kappa shape index (κ3) is 7.29. The second kappa shape index (κ2) is 8.51. The quantitative estimate of drug-likeness (QED) is 0.429. The molecule has 0 rings (SSSR count). The summed E-state index contributed by atoms with van der Waals surface area (Å²) in [5.74, 6) is -2.06. The van der Waals surface area contributed by atoms with Crippen LogP contribution >= 0.6 is 0 Å². The summed E-state index contributed by atoms with van der Waals surface area (Å²) < 4.78 is 0. The van der Waals surface area contributed by atoms with E-state index in [0.29, 0.717) is 6.42 Å². The van der Waals surface area contributed by atoms with Gasteiger partial charge in [0.05, 0.1) is 6.54 Å². The maximum atomic E-state index is 11.6. The Morgan fingerprint density at radius 1 is 1.35 bits per heavy atom. The van der Waals surface area contributed by atoms with Gasteiger partial charge in [-0.2, -0.15) is 0 Å². The van der Waals surface area contributed by atoms with E-state index in [1.54, 1.807) is 0 Å². The van der Waals surface area contributed by atoms with E-state index in [4.69, 9.17) is 10.8 Å². The van der Waals surface area contributed by atoms with Gasteiger partial charge in [-0.1, -0.05) is 19.8 Å². The molecule has 0 fully saturated rings. The van der Waals surface area contributed by atoms with Crippen LogP contribution in [0.15, 0.2) is 0 Å². The van der Waals surface area contributed by atoms with Gasteiger partial charge in [-0.05, 0) is 6.42 Å². The van der Waals surface area contributed by atoms with Crippen molar-refractivity contribution in [3.8, 4) is 0 Å². The SMILES string of the molecule is CCCC[C@H](NC(=O)CN)C(=O)NCC(=O)O. The number of hydrogen-bond donors (Lipinski definition) is 4. The third-order valence-electron chi connectivity index (χ3n) is 2.10. The fourth-order valence-electron chi connectivity index (χ4n) is 1.22. The number of hydrogen-bond acceptors (Lipinski definition) is 4. The van der Waals surface area contributed by atoms with Crippen LogP contribution in [0.4, 0.5) is 0 Å². The van der Waals surface area contributed by atoms with E-state index < -0.39 is 30.4 Å². The molecule has 0 aliphatic heterocycles. The van der Waals surface area contributed by atoms with Gasteiger partial charge in [0.15, 0.2) is 0 Å². The molecule has 0 aromatic heterocycles. The van der Waals surface area contributed by atoms with Crippen LogP contribution in [0.3, 0.4) is 0 Å². The fourth-order valence-corrected chi connectivity index (χ4v) is 1.22. The first-order valence-corrected chi connectivity index (χ1v) is 5.50. The summed E-state index contributed by atoms with van der Waals surface area (Å²) in [4.78, 5) is 33.0. The lowest BCUT2D eigenvalue weighted by Crippen LogP contribution is -2.49. The molecule has 0 radical (unpaired) electrons. The largest absolute Gasteiger partial charge is 0.480 e. The normalized spacial score (nSPS) is 11.6. The van der Waals surface area contributed by atoms with Gasteiger partial charge in [-0.3, -0.25) is 14.4 Å². The van der Waals surface area contributed by atoms with E-state index >= 15 is 0 Å². The van der Waals surface area contributed by atoms with E-state index in [1.165, 1.54) is 0 Å². The zero-order chi connectivity index (χ0) is 13.3. The Hall–Kier alpha value is -1.63. The van der Waals surface area contributed by atoms with E-state index in [9.17, 15) is 14.4 Å². The lowest BCUT2D eigenvalue weighted by Gasteiger charge is -2.17. The summed E-state index contributed by atoms with van der Waals surface area (Å²) in [6, 6.07) is -0.717. The average molecular weight is 245 g/mol. The van der Waals surface area contributed by atoms with Crippen molar-refractivity contribution in [2.24, 2.45) is 5.73 Å². The van der Waals surface area contributed by atoms with Gasteiger partial charge >= 0.3 is 5.97 Å². The van der Waals surface area contributed by atoms with Crippen molar-refractivity contribution in [1.82, 2.24) is 10.6 Å². The van der Waals surface area contributed by atoms with Crippen molar-refractivity contribution < 1.29 is 19.5 Å². The van der Waals surface area contributed by atoms with Crippen LogP contribution < -0.4 is 16.4 Å². The number of carboxylic acids is 1. The molecule has 1 atom stereocenters. The Kier molecular flexibility index (Phi) is 7.70. The molecule has 7 heteroatoms. The fraction of sp³-hybridized carbons (Fsp3) is 0.700. The van der Waals surface area contributed by atoms with E-state index in [-0.39, 0.29) is 6.54 Å². The summed E-state index contributed by atoms with van der Waals surface area (Å²) >= 11 is 0. The first kappa shape index (κ1) is 15.4. The molecule has 2 amide bonds. The second-order valence-corrected chi connectivity index (χ2v) is 3.58. The highest BCUT2D eigenvalue weighted by molar-refractivity contribution is 5.89. The lowest BCUT2D eigenvalue weighted by molar-refractivity contribution is -0.138. The molecule has 0 saturated carbocycles. The van der Waals surface area contributed by atoms with Gasteiger partial charge in [-0.15, -0.1) is 0 Å². The van der Waals surface area contributed by atoms with E-state index in [0.717, 1.165) is 12.8 Å². The highest BCUT2D eigenvalue weighted by atomic mass is 16.4. The van der Waals surface area contributed by atoms with Crippen molar-refractivity contribution in [3.05, 3.63) is 0 Å². The predicted octanol–water partition coefficient (Wildman–Crippen LogP) is -1.18. The number of carbonyl (C=O) groups excluding carboxylic acids is 2. The number of aliphatic carboxylic acids is 1. The molecular weight excluding hydrogens is 226 g/mol. The van der Waals surface area contributed by atoms with Gasteiger partial charge in [0.2, 0.25) is 11.8 Å². The Morgan fingerprint density at radius 2 is 2.00 bits per heavy atom. The molecule has 5 N–H and O–H groups in total. The molecule has 98 valence electrons. The molecule has 7 nitrogen and oxygen atoms in total. The molecule has 0 unspecified atom stereocenters. The Morgan fingerprint density at radius 3 is 2.47 bits per heavy atom. The molecule has 0 spiro atoms. The maximum absolute atomic E-state index is 11.6. The van der Waals surface area contributed by atoms with Crippen LogP contribution in [-0.4, -0.2) is 42.0 Å². The maximum Gasteiger partial charge on any atom is 0.322 e. The van der Waals surface area contributed by atoms with Crippen molar-refractivity contribution in [2.45, 2.75) is 32.2 Å². The molecule has 0 bridgehead atoms. The van der Waals surface area contributed by atoms with Crippen molar-refractivity contribution >= 4 is 17.8 Å². The van der Waals surface area contributed by atoms with Crippen molar-refractivity contribution in [1.29, 1.82) is 0 Å². The van der Waals surface area contributed by atoms with Gasteiger partial charge in [0.25, 0.3) is 0 Å². The van der Waals surface area contributed by atoms with Crippen LogP contribution in [0, 0.1) is 0 Å². The number of carbonyl (C=O) groups is 3. The molecule has 0 heterocycles.